The fourth-order valence-electron chi connectivity index (χ4n) is 1.21. The first kappa shape index (κ1) is 13.5. The maximum absolute atomic E-state index is 11.9. The molecular weight excluding hydrogens is 388 g/mol. The summed E-state index contributed by atoms with van der Waals surface area (Å²) in [5, 5.41) is 3.58. The lowest BCUT2D eigenvalue weighted by Crippen LogP contribution is -2.14. The molecule has 0 bridgehead atoms. The molecule has 18 heavy (non-hydrogen) atoms. The van der Waals surface area contributed by atoms with E-state index < -0.39 is 0 Å². The smallest absolute Gasteiger partial charge is 0.275 e. The summed E-state index contributed by atoms with van der Waals surface area (Å²) in [5.74, 6) is -0.348. The molecule has 0 fully saturated rings. The zero-order valence-corrected chi connectivity index (χ0v) is 12.5. The second-order valence-corrected chi connectivity index (χ2v) is 5.29. The van der Waals surface area contributed by atoms with Crippen molar-refractivity contribution in [1.29, 1.82) is 0 Å². The van der Waals surface area contributed by atoms with Crippen LogP contribution < -0.4 is 5.32 Å². The Balaban J connectivity index is 2.18. The number of halogens is 3. The highest BCUT2D eigenvalue weighted by Crippen LogP contribution is 2.22. The summed E-state index contributed by atoms with van der Waals surface area (Å²) in [6.45, 7) is 0. The highest BCUT2D eigenvalue weighted by molar-refractivity contribution is 14.1. The van der Waals surface area contributed by atoms with Crippen LogP contribution in [0, 0.1) is 3.57 Å². The van der Waals surface area contributed by atoms with Gasteiger partial charge in [-0.15, -0.1) is 0 Å². The van der Waals surface area contributed by atoms with Crippen LogP contribution in [0.2, 0.25) is 10.2 Å². The van der Waals surface area contributed by atoms with Crippen molar-refractivity contribution < 1.29 is 4.79 Å². The van der Waals surface area contributed by atoms with Gasteiger partial charge in [-0.2, -0.15) is 0 Å². The monoisotopic (exact) mass is 393 g/mol. The summed E-state index contributed by atoms with van der Waals surface area (Å²) in [6, 6.07) is 5.18. The minimum absolute atomic E-state index is 0.199. The SMILES string of the molecule is O=C(Nc1ccc(Cl)cc1I)c1cnc(Cl)cn1. The molecular formula is C11H6Cl2IN3O. The zero-order valence-electron chi connectivity index (χ0n) is 8.82. The lowest BCUT2D eigenvalue weighted by atomic mass is 10.3. The van der Waals surface area contributed by atoms with E-state index in [4.69, 9.17) is 23.2 Å². The van der Waals surface area contributed by atoms with Crippen LogP contribution >= 0.6 is 45.8 Å². The van der Waals surface area contributed by atoms with Crippen molar-refractivity contribution in [3.63, 3.8) is 0 Å². The van der Waals surface area contributed by atoms with E-state index in [-0.39, 0.29) is 16.8 Å². The Morgan fingerprint density at radius 3 is 2.61 bits per heavy atom. The van der Waals surface area contributed by atoms with Crippen molar-refractivity contribution in [3.8, 4) is 0 Å². The molecule has 2 rings (SSSR count). The normalized spacial score (nSPS) is 10.2. The molecule has 0 spiro atoms. The molecule has 0 aliphatic heterocycles. The van der Waals surface area contributed by atoms with E-state index in [2.05, 4.69) is 37.9 Å². The quantitative estimate of drug-likeness (QED) is 0.792. The van der Waals surface area contributed by atoms with Gasteiger partial charge in [0.25, 0.3) is 5.91 Å². The lowest BCUT2D eigenvalue weighted by Gasteiger charge is -2.06. The minimum atomic E-state index is -0.348. The maximum Gasteiger partial charge on any atom is 0.275 e. The van der Waals surface area contributed by atoms with Gasteiger partial charge in [-0.1, -0.05) is 23.2 Å². The highest BCUT2D eigenvalue weighted by atomic mass is 127. The molecule has 0 aliphatic rings. The van der Waals surface area contributed by atoms with E-state index in [1.807, 2.05) is 0 Å². The number of hydrogen-bond acceptors (Lipinski definition) is 3. The Morgan fingerprint density at radius 2 is 2.00 bits per heavy atom. The Bertz CT molecular complexity index is 589. The fraction of sp³-hybridized carbons (Fsp3) is 0. The molecule has 7 heteroatoms. The highest BCUT2D eigenvalue weighted by Gasteiger charge is 2.10. The number of rotatable bonds is 2. The number of nitrogens with one attached hydrogen (secondary N) is 1. The van der Waals surface area contributed by atoms with E-state index in [9.17, 15) is 4.79 Å². The molecule has 0 saturated carbocycles. The Kier molecular flexibility index (Phi) is 4.36. The fourth-order valence-corrected chi connectivity index (χ4v) is 2.31. The third-order valence-electron chi connectivity index (χ3n) is 2.03. The molecule has 1 N–H and O–H groups in total. The van der Waals surface area contributed by atoms with Crippen LogP contribution in [0.5, 0.6) is 0 Å². The largest absolute Gasteiger partial charge is 0.320 e. The molecule has 2 aromatic rings. The van der Waals surface area contributed by atoms with Gasteiger partial charge in [0, 0.05) is 8.59 Å². The predicted molar refractivity (Wildman–Crippen MR) is 79.2 cm³/mol. The molecule has 1 amide bonds. The molecule has 0 aliphatic carbocycles. The Morgan fingerprint density at radius 1 is 1.22 bits per heavy atom. The lowest BCUT2D eigenvalue weighted by molar-refractivity contribution is 0.102. The topological polar surface area (TPSA) is 54.9 Å². The van der Waals surface area contributed by atoms with Crippen LogP contribution in [-0.4, -0.2) is 15.9 Å². The second-order valence-electron chi connectivity index (χ2n) is 3.30. The summed E-state index contributed by atoms with van der Waals surface area (Å²) in [6.07, 6.45) is 2.64. The van der Waals surface area contributed by atoms with Crippen LogP contribution in [-0.2, 0) is 0 Å². The molecule has 0 unspecified atom stereocenters. The van der Waals surface area contributed by atoms with Gasteiger partial charge >= 0.3 is 0 Å². The first-order valence-electron chi connectivity index (χ1n) is 4.80. The summed E-state index contributed by atoms with van der Waals surface area (Å²) < 4.78 is 0.843. The Labute approximate surface area is 127 Å². The summed E-state index contributed by atoms with van der Waals surface area (Å²) in [7, 11) is 0. The number of carbonyl (C=O) groups excluding carboxylic acids is 1. The molecule has 1 heterocycles. The van der Waals surface area contributed by atoms with Crippen molar-refractivity contribution in [1.82, 2.24) is 9.97 Å². The van der Waals surface area contributed by atoms with Crippen molar-refractivity contribution in [3.05, 3.63) is 50.0 Å². The van der Waals surface area contributed by atoms with Crippen LogP contribution in [0.3, 0.4) is 0 Å². The molecule has 0 saturated heterocycles. The van der Waals surface area contributed by atoms with Crippen molar-refractivity contribution in [2.45, 2.75) is 0 Å². The average molecular weight is 394 g/mol. The summed E-state index contributed by atoms with van der Waals surface area (Å²) >= 11 is 13.5. The van der Waals surface area contributed by atoms with Gasteiger partial charge in [0.2, 0.25) is 0 Å². The number of hydrogen-bond donors (Lipinski definition) is 1. The molecule has 0 radical (unpaired) electrons. The van der Waals surface area contributed by atoms with Gasteiger partial charge in [-0.05, 0) is 40.8 Å². The molecule has 1 aromatic carbocycles. The molecule has 0 atom stereocenters. The summed E-state index contributed by atoms with van der Waals surface area (Å²) in [4.78, 5) is 19.6. The second kappa shape index (κ2) is 5.81. The van der Waals surface area contributed by atoms with Crippen LogP contribution in [0.1, 0.15) is 10.5 Å². The average Bonchev–Trinajstić information content (AvgIpc) is 2.33. The maximum atomic E-state index is 11.9. The Hall–Kier alpha value is -0.920. The van der Waals surface area contributed by atoms with E-state index in [0.717, 1.165) is 3.57 Å². The van der Waals surface area contributed by atoms with E-state index in [0.29, 0.717) is 10.7 Å². The van der Waals surface area contributed by atoms with Gasteiger partial charge < -0.3 is 5.32 Å². The predicted octanol–water partition coefficient (Wildman–Crippen LogP) is 3.64. The van der Waals surface area contributed by atoms with Crippen LogP contribution in [0.15, 0.2) is 30.6 Å². The van der Waals surface area contributed by atoms with E-state index in [1.165, 1.54) is 12.4 Å². The summed E-state index contributed by atoms with van der Waals surface area (Å²) in [5.41, 5.74) is 0.868. The molecule has 4 nitrogen and oxygen atoms in total. The molecule has 92 valence electrons. The third-order valence-corrected chi connectivity index (χ3v) is 3.36. The third kappa shape index (κ3) is 3.30. The van der Waals surface area contributed by atoms with Crippen LogP contribution in [0.25, 0.3) is 0 Å². The van der Waals surface area contributed by atoms with E-state index in [1.54, 1.807) is 18.2 Å². The van der Waals surface area contributed by atoms with Crippen molar-refractivity contribution in [2.24, 2.45) is 0 Å². The van der Waals surface area contributed by atoms with Crippen molar-refractivity contribution in [2.75, 3.05) is 5.32 Å². The number of nitrogens with zero attached hydrogens (tertiary/aromatic N) is 2. The number of carbonyl (C=O) groups is 1. The number of amides is 1. The van der Waals surface area contributed by atoms with Gasteiger partial charge in [-0.3, -0.25) is 4.79 Å². The van der Waals surface area contributed by atoms with Crippen molar-refractivity contribution >= 4 is 57.4 Å². The number of aromatic nitrogens is 2. The van der Waals surface area contributed by atoms with Gasteiger partial charge in [0.05, 0.1) is 18.1 Å². The van der Waals surface area contributed by atoms with Gasteiger partial charge in [0.15, 0.2) is 0 Å². The van der Waals surface area contributed by atoms with Gasteiger partial charge in [-0.25, -0.2) is 9.97 Å². The zero-order chi connectivity index (χ0) is 13.1. The standard InChI is InChI=1S/C11H6Cl2IN3O/c12-6-1-2-8(7(14)3-6)17-11(18)9-4-16-10(13)5-15-9/h1-5H,(H,17,18). The molecule has 1 aromatic heterocycles. The number of anilines is 1. The van der Waals surface area contributed by atoms with Crippen LogP contribution in [0.4, 0.5) is 5.69 Å². The van der Waals surface area contributed by atoms with Gasteiger partial charge in [0.1, 0.15) is 10.8 Å². The minimum Gasteiger partial charge on any atom is -0.320 e. The first-order chi connectivity index (χ1) is 8.56. The number of benzene rings is 1. The van der Waals surface area contributed by atoms with E-state index >= 15 is 0 Å². The first-order valence-corrected chi connectivity index (χ1v) is 6.63.